The highest BCUT2D eigenvalue weighted by molar-refractivity contribution is 6.13. The summed E-state index contributed by atoms with van der Waals surface area (Å²) in [7, 11) is 0. The van der Waals surface area contributed by atoms with E-state index in [2.05, 4.69) is 96.6 Å². The second-order valence-corrected chi connectivity index (χ2v) is 6.60. The van der Waals surface area contributed by atoms with Gasteiger partial charge in [-0.05, 0) is 24.1 Å². The van der Waals surface area contributed by atoms with Crippen molar-refractivity contribution in [2.75, 3.05) is 0 Å². The van der Waals surface area contributed by atoms with Crippen LogP contribution in [0.25, 0.3) is 17.2 Å². The Labute approximate surface area is 147 Å². The summed E-state index contributed by atoms with van der Waals surface area (Å²) in [5.41, 5.74) is 8.54. The van der Waals surface area contributed by atoms with Gasteiger partial charge in [0.25, 0.3) is 0 Å². The number of benzene rings is 2. The number of aryl methyl sites for hydroxylation is 1. The molecule has 25 heavy (non-hydrogen) atoms. The van der Waals surface area contributed by atoms with Crippen molar-refractivity contribution in [1.82, 2.24) is 4.57 Å². The van der Waals surface area contributed by atoms with Crippen LogP contribution in [0.3, 0.4) is 0 Å². The van der Waals surface area contributed by atoms with E-state index in [9.17, 15) is 0 Å². The summed E-state index contributed by atoms with van der Waals surface area (Å²) in [5, 5.41) is 0. The Morgan fingerprint density at radius 3 is 2.44 bits per heavy atom. The number of nitrogens with zero attached hydrogens (tertiary/aromatic N) is 2. The van der Waals surface area contributed by atoms with E-state index in [1.807, 2.05) is 0 Å². The van der Waals surface area contributed by atoms with Gasteiger partial charge >= 0.3 is 0 Å². The fourth-order valence-corrected chi connectivity index (χ4v) is 3.67. The fraction of sp³-hybridized carbons (Fsp3) is 0.0870. The zero-order valence-electron chi connectivity index (χ0n) is 14.1. The first-order valence-electron chi connectivity index (χ1n) is 8.61. The quantitative estimate of drug-likeness (QED) is 0.601. The Morgan fingerprint density at radius 1 is 0.880 bits per heavy atom. The van der Waals surface area contributed by atoms with E-state index in [1.165, 1.54) is 33.5 Å². The Kier molecular flexibility index (Phi) is 3.10. The number of rotatable bonds is 2. The van der Waals surface area contributed by atoms with Gasteiger partial charge in [-0.15, -0.1) is 0 Å². The molecule has 2 nitrogen and oxygen atoms in total. The van der Waals surface area contributed by atoms with E-state index in [0.29, 0.717) is 0 Å². The molecule has 0 spiro atoms. The standard InChI is InChI=1S/C23H18N2/c1-16-11-13-18(14-12-16)23-24-21-10-6-5-9-19-20(15-25(23)22(19)21)17-7-3-2-4-8-17/h2-15,23H,1H3. The van der Waals surface area contributed by atoms with Crippen molar-refractivity contribution >= 4 is 11.8 Å². The van der Waals surface area contributed by atoms with Crippen LogP contribution in [0.4, 0.5) is 0 Å². The largest absolute Gasteiger partial charge is 0.318 e. The molecule has 2 aromatic carbocycles. The van der Waals surface area contributed by atoms with Crippen LogP contribution in [-0.2, 0) is 0 Å². The Balaban J connectivity index is 1.72. The van der Waals surface area contributed by atoms with Gasteiger partial charge in [-0.3, -0.25) is 4.99 Å². The molecule has 1 aliphatic carbocycles. The molecule has 0 bridgehead atoms. The van der Waals surface area contributed by atoms with Gasteiger partial charge in [0.05, 0.1) is 11.4 Å². The lowest BCUT2D eigenvalue weighted by Crippen LogP contribution is -2.04. The van der Waals surface area contributed by atoms with Crippen LogP contribution in [0.2, 0.25) is 0 Å². The molecule has 1 aliphatic heterocycles. The van der Waals surface area contributed by atoms with Crippen LogP contribution in [0, 0.1) is 6.92 Å². The highest BCUT2D eigenvalue weighted by atomic mass is 15.2. The molecule has 1 aromatic heterocycles. The molecule has 2 heteroatoms. The van der Waals surface area contributed by atoms with E-state index >= 15 is 0 Å². The predicted molar refractivity (Wildman–Crippen MR) is 104 cm³/mol. The van der Waals surface area contributed by atoms with E-state index in [0.717, 1.165) is 5.71 Å². The van der Waals surface area contributed by atoms with Crippen molar-refractivity contribution in [3.63, 3.8) is 0 Å². The monoisotopic (exact) mass is 322 g/mol. The lowest BCUT2D eigenvalue weighted by atomic mass is 10.0. The number of aliphatic imine (C=N–C) groups is 1. The third kappa shape index (κ3) is 2.22. The number of allylic oxidation sites excluding steroid dienone is 3. The topological polar surface area (TPSA) is 17.3 Å². The highest BCUT2D eigenvalue weighted by Gasteiger charge is 2.29. The minimum absolute atomic E-state index is 0.0120. The maximum Gasteiger partial charge on any atom is 0.151 e. The minimum atomic E-state index is 0.0120. The fourth-order valence-electron chi connectivity index (χ4n) is 3.67. The van der Waals surface area contributed by atoms with E-state index in [4.69, 9.17) is 4.99 Å². The molecule has 0 fully saturated rings. The van der Waals surface area contributed by atoms with Gasteiger partial charge in [0.15, 0.2) is 6.17 Å². The summed E-state index contributed by atoms with van der Waals surface area (Å²) in [6.45, 7) is 2.12. The molecule has 120 valence electrons. The van der Waals surface area contributed by atoms with Gasteiger partial charge in [0.1, 0.15) is 0 Å². The first kappa shape index (κ1) is 14.2. The van der Waals surface area contributed by atoms with Gasteiger partial charge < -0.3 is 4.57 Å². The first-order chi connectivity index (χ1) is 12.3. The predicted octanol–water partition coefficient (Wildman–Crippen LogP) is 5.40. The van der Waals surface area contributed by atoms with Crippen molar-refractivity contribution < 1.29 is 0 Å². The first-order valence-corrected chi connectivity index (χ1v) is 8.61. The van der Waals surface area contributed by atoms with Crippen LogP contribution >= 0.6 is 0 Å². The van der Waals surface area contributed by atoms with E-state index < -0.39 is 0 Å². The Morgan fingerprint density at radius 2 is 1.64 bits per heavy atom. The Bertz CT molecular complexity index is 1030. The van der Waals surface area contributed by atoms with E-state index in [1.54, 1.807) is 0 Å². The molecular weight excluding hydrogens is 304 g/mol. The number of hydrogen-bond donors (Lipinski definition) is 0. The molecule has 1 unspecified atom stereocenters. The van der Waals surface area contributed by atoms with Gasteiger partial charge in [-0.25, -0.2) is 0 Å². The molecule has 5 rings (SSSR count). The maximum atomic E-state index is 4.99. The van der Waals surface area contributed by atoms with Crippen LogP contribution in [0.15, 0.2) is 84.0 Å². The molecule has 0 N–H and O–H groups in total. The summed E-state index contributed by atoms with van der Waals surface area (Å²) >= 11 is 0. The highest BCUT2D eigenvalue weighted by Crippen LogP contribution is 2.39. The van der Waals surface area contributed by atoms with E-state index in [-0.39, 0.29) is 6.17 Å². The van der Waals surface area contributed by atoms with Crippen LogP contribution in [0.1, 0.15) is 28.6 Å². The second-order valence-electron chi connectivity index (χ2n) is 6.60. The minimum Gasteiger partial charge on any atom is -0.318 e. The lowest BCUT2D eigenvalue weighted by Gasteiger charge is -2.12. The number of hydrogen-bond acceptors (Lipinski definition) is 1. The maximum absolute atomic E-state index is 4.99. The van der Waals surface area contributed by atoms with Crippen molar-refractivity contribution in [3.8, 4) is 11.1 Å². The molecule has 2 heterocycles. The van der Waals surface area contributed by atoms with Gasteiger partial charge in [0.2, 0.25) is 0 Å². The van der Waals surface area contributed by atoms with Crippen molar-refractivity contribution in [2.24, 2.45) is 4.99 Å². The van der Waals surface area contributed by atoms with Crippen molar-refractivity contribution in [2.45, 2.75) is 13.1 Å². The lowest BCUT2D eigenvalue weighted by molar-refractivity contribution is 0.639. The van der Waals surface area contributed by atoms with Gasteiger partial charge in [-0.2, -0.15) is 0 Å². The average molecular weight is 322 g/mol. The summed E-state index contributed by atoms with van der Waals surface area (Å²) in [6, 6.07) is 19.3. The third-order valence-corrected chi connectivity index (χ3v) is 4.93. The molecule has 3 aromatic rings. The molecule has 0 radical (unpaired) electrons. The molecule has 1 atom stereocenters. The average Bonchev–Trinajstić information content (AvgIpc) is 3.10. The summed E-state index contributed by atoms with van der Waals surface area (Å²) < 4.78 is 2.32. The van der Waals surface area contributed by atoms with Crippen LogP contribution in [-0.4, -0.2) is 10.3 Å². The molecule has 0 saturated heterocycles. The molecule has 0 saturated carbocycles. The number of aromatic nitrogens is 1. The summed E-state index contributed by atoms with van der Waals surface area (Å²) in [5.74, 6) is 0. The molecule has 0 amide bonds. The second kappa shape index (κ2) is 5.45. The summed E-state index contributed by atoms with van der Waals surface area (Å²) in [6.07, 6.45) is 10.8. The van der Waals surface area contributed by atoms with Crippen LogP contribution < -0.4 is 0 Å². The molecular formula is C23H18N2. The van der Waals surface area contributed by atoms with Gasteiger partial charge in [0, 0.05) is 17.3 Å². The Hall–Kier alpha value is -3.13. The summed E-state index contributed by atoms with van der Waals surface area (Å²) in [4.78, 5) is 4.99. The van der Waals surface area contributed by atoms with Crippen molar-refractivity contribution in [3.05, 3.63) is 101 Å². The third-order valence-electron chi connectivity index (χ3n) is 4.93. The smallest absolute Gasteiger partial charge is 0.151 e. The zero-order chi connectivity index (χ0) is 16.8. The van der Waals surface area contributed by atoms with Crippen LogP contribution in [0.5, 0.6) is 0 Å². The zero-order valence-corrected chi connectivity index (χ0v) is 14.1. The normalized spacial score (nSPS) is 17.3. The SMILES string of the molecule is Cc1ccc(C2N=C3C=CC=Cc4c(-c5ccccc5)cn2c43)cc1. The van der Waals surface area contributed by atoms with Gasteiger partial charge in [-0.1, -0.05) is 78.4 Å². The molecule has 2 aliphatic rings. The van der Waals surface area contributed by atoms with Crippen molar-refractivity contribution in [1.29, 1.82) is 0 Å².